The monoisotopic (exact) mass is 397 g/mol. The Bertz CT molecular complexity index is 1000. The molecule has 0 saturated heterocycles. The molecular formula is C18H17F2NO5S. The highest BCUT2D eigenvalue weighted by molar-refractivity contribution is 7.90. The Balaban J connectivity index is 2.15. The largest absolute Gasteiger partial charge is 0.449 e. The van der Waals surface area contributed by atoms with Crippen LogP contribution in [0.3, 0.4) is 0 Å². The van der Waals surface area contributed by atoms with Gasteiger partial charge in [0.25, 0.3) is 5.91 Å². The predicted molar refractivity (Wildman–Crippen MR) is 94.2 cm³/mol. The van der Waals surface area contributed by atoms with E-state index in [0.717, 1.165) is 30.5 Å². The van der Waals surface area contributed by atoms with Crippen molar-refractivity contribution < 1.29 is 31.5 Å². The molecule has 0 fully saturated rings. The van der Waals surface area contributed by atoms with Gasteiger partial charge in [0.2, 0.25) is 0 Å². The van der Waals surface area contributed by atoms with Gasteiger partial charge in [0.15, 0.2) is 15.9 Å². The minimum atomic E-state index is -3.53. The average Bonchev–Trinajstić information content (AvgIpc) is 2.57. The maximum absolute atomic E-state index is 13.6. The van der Waals surface area contributed by atoms with E-state index < -0.39 is 45.1 Å². The third-order valence-corrected chi connectivity index (χ3v) is 4.81. The normalized spacial score (nSPS) is 12.3. The lowest BCUT2D eigenvalue weighted by molar-refractivity contribution is -0.123. The number of carbonyl (C=O) groups excluding carboxylic acids is 2. The number of nitrogens with one attached hydrogen (secondary N) is 1. The van der Waals surface area contributed by atoms with Gasteiger partial charge in [0.05, 0.1) is 16.1 Å². The van der Waals surface area contributed by atoms with Crippen LogP contribution in [0.15, 0.2) is 41.3 Å². The number of sulfone groups is 1. The van der Waals surface area contributed by atoms with Gasteiger partial charge >= 0.3 is 5.97 Å². The molecule has 0 heterocycles. The van der Waals surface area contributed by atoms with Crippen LogP contribution in [0.4, 0.5) is 14.5 Å². The van der Waals surface area contributed by atoms with Crippen LogP contribution >= 0.6 is 0 Å². The van der Waals surface area contributed by atoms with Crippen molar-refractivity contribution in [2.75, 3.05) is 11.6 Å². The third-order valence-electron chi connectivity index (χ3n) is 3.70. The summed E-state index contributed by atoms with van der Waals surface area (Å²) in [6, 6.07) is 6.49. The average molecular weight is 397 g/mol. The van der Waals surface area contributed by atoms with Crippen molar-refractivity contribution in [1.82, 2.24) is 0 Å². The first-order chi connectivity index (χ1) is 12.5. The van der Waals surface area contributed by atoms with Gasteiger partial charge in [-0.15, -0.1) is 0 Å². The number of rotatable bonds is 5. The lowest BCUT2D eigenvalue weighted by Gasteiger charge is -2.15. The first-order valence-corrected chi connectivity index (χ1v) is 9.66. The lowest BCUT2D eigenvalue weighted by atomic mass is 10.1. The van der Waals surface area contributed by atoms with Crippen molar-refractivity contribution in [1.29, 1.82) is 0 Å². The van der Waals surface area contributed by atoms with Crippen LogP contribution in [0.1, 0.15) is 22.8 Å². The molecule has 144 valence electrons. The topological polar surface area (TPSA) is 89.5 Å². The van der Waals surface area contributed by atoms with Gasteiger partial charge in [-0.05, 0) is 43.7 Å². The first-order valence-electron chi connectivity index (χ1n) is 7.76. The quantitative estimate of drug-likeness (QED) is 0.784. The Kier molecular flexibility index (Phi) is 5.94. The number of benzene rings is 2. The van der Waals surface area contributed by atoms with Crippen LogP contribution in [0, 0.1) is 18.6 Å². The molecule has 1 N–H and O–H groups in total. The number of hydrogen-bond acceptors (Lipinski definition) is 5. The zero-order valence-electron chi connectivity index (χ0n) is 14.7. The standard InChI is InChI=1S/C18H17F2NO5S/c1-10-4-6-13(27(3,24)25)9-14(10)18(23)26-11(2)17(22)21-16-8-12(19)5-7-15(16)20/h4-9,11H,1-3H3,(H,21,22)/t11-/m0/s1. The van der Waals surface area contributed by atoms with E-state index in [1.165, 1.54) is 19.1 Å². The number of carbonyl (C=O) groups is 2. The highest BCUT2D eigenvalue weighted by Gasteiger charge is 2.22. The number of amides is 1. The van der Waals surface area contributed by atoms with Gasteiger partial charge in [-0.25, -0.2) is 22.0 Å². The summed E-state index contributed by atoms with van der Waals surface area (Å²) in [5, 5.41) is 2.13. The van der Waals surface area contributed by atoms with Gasteiger partial charge in [-0.1, -0.05) is 6.07 Å². The maximum Gasteiger partial charge on any atom is 0.339 e. The van der Waals surface area contributed by atoms with E-state index in [1.807, 2.05) is 0 Å². The molecule has 0 aliphatic rings. The predicted octanol–water partition coefficient (Wildman–Crippen LogP) is 2.86. The summed E-state index contributed by atoms with van der Waals surface area (Å²) in [6.45, 7) is 2.83. The van der Waals surface area contributed by atoms with Gasteiger partial charge in [-0.2, -0.15) is 0 Å². The molecule has 0 radical (unpaired) electrons. The second-order valence-corrected chi connectivity index (χ2v) is 7.93. The molecule has 0 spiro atoms. The van der Waals surface area contributed by atoms with Crippen LogP contribution in [0.2, 0.25) is 0 Å². The second kappa shape index (κ2) is 7.83. The summed E-state index contributed by atoms with van der Waals surface area (Å²) in [7, 11) is -3.53. The summed E-state index contributed by atoms with van der Waals surface area (Å²) in [5.74, 6) is -3.38. The summed E-state index contributed by atoms with van der Waals surface area (Å²) in [4.78, 5) is 24.3. The second-order valence-electron chi connectivity index (χ2n) is 5.91. The molecule has 0 bridgehead atoms. The fourth-order valence-electron chi connectivity index (χ4n) is 2.16. The minimum absolute atomic E-state index is 0.0190. The summed E-state index contributed by atoms with van der Waals surface area (Å²) >= 11 is 0. The van der Waals surface area contributed by atoms with E-state index in [2.05, 4.69) is 5.32 Å². The van der Waals surface area contributed by atoms with E-state index in [9.17, 15) is 26.8 Å². The Morgan fingerprint density at radius 3 is 2.41 bits per heavy atom. The molecule has 27 heavy (non-hydrogen) atoms. The Morgan fingerprint density at radius 1 is 1.11 bits per heavy atom. The number of esters is 1. The van der Waals surface area contributed by atoms with Crippen LogP contribution in [0.5, 0.6) is 0 Å². The maximum atomic E-state index is 13.6. The summed E-state index contributed by atoms with van der Waals surface area (Å²) in [6.07, 6.45) is -0.336. The van der Waals surface area contributed by atoms with Crippen LogP contribution < -0.4 is 5.32 Å². The van der Waals surface area contributed by atoms with Crippen molar-refractivity contribution in [3.05, 3.63) is 59.2 Å². The fourth-order valence-corrected chi connectivity index (χ4v) is 2.80. The van der Waals surface area contributed by atoms with Crippen molar-refractivity contribution in [3.63, 3.8) is 0 Å². The van der Waals surface area contributed by atoms with E-state index in [4.69, 9.17) is 4.74 Å². The molecule has 0 aromatic heterocycles. The molecule has 2 aromatic carbocycles. The van der Waals surface area contributed by atoms with Crippen LogP contribution in [-0.4, -0.2) is 32.7 Å². The number of hydrogen-bond donors (Lipinski definition) is 1. The lowest BCUT2D eigenvalue weighted by Crippen LogP contribution is -2.30. The zero-order valence-corrected chi connectivity index (χ0v) is 15.6. The van der Waals surface area contributed by atoms with E-state index in [1.54, 1.807) is 6.92 Å². The zero-order chi connectivity index (χ0) is 20.4. The van der Waals surface area contributed by atoms with Gasteiger partial charge in [-0.3, -0.25) is 4.79 Å². The van der Waals surface area contributed by atoms with Crippen LogP contribution in [-0.2, 0) is 19.4 Å². The Labute approximate surface area is 155 Å². The van der Waals surface area contributed by atoms with E-state index in [-0.39, 0.29) is 10.5 Å². The number of ether oxygens (including phenoxy) is 1. The van der Waals surface area contributed by atoms with Crippen molar-refractivity contribution in [3.8, 4) is 0 Å². The first kappa shape index (κ1) is 20.5. The highest BCUT2D eigenvalue weighted by Crippen LogP contribution is 2.19. The molecule has 6 nitrogen and oxygen atoms in total. The Hall–Kier alpha value is -2.81. The number of aryl methyl sites for hydroxylation is 1. The molecule has 2 aromatic rings. The Morgan fingerprint density at radius 2 is 1.78 bits per heavy atom. The van der Waals surface area contributed by atoms with Gasteiger partial charge < -0.3 is 10.1 Å². The van der Waals surface area contributed by atoms with Crippen LogP contribution in [0.25, 0.3) is 0 Å². The molecule has 1 atom stereocenters. The van der Waals surface area contributed by atoms with E-state index >= 15 is 0 Å². The highest BCUT2D eigenvalue weighted by atomic mass is 32.2. The molecular weight excluding hydrogens is 380 g/mol. The molecule has 0 saturated carbocycles. The van der Waals surface area contributed by atoms with Crippen molar-refractivity contribution in [2.24, 2.45) is 0 Å². The number of halogens is 2. The van der Waals surface area contributed by atoms with Crippen molar-refractivity contribution in [2.45, 2.75) is 24.8 Å². The molecule has 1 amide bonds. The summed E-state index contributed by atoms with van der Waals surface area (Å²) < 4.78 is 55.0. The molecule has 9 heteroatoms. The van der Waals surface area contributed by atoms with Gasteiger partial charge in [0, 0.05) is 12.3 Å². The third kappa shape index (κ3) is 5.10. The molecule has 0 aliphatic heterocycles. The molecule has 0 unspecified atom stereocenters. The number of anilines is 1. The fraction of sp³-hybridized carbons (Fsp3) is 0.222. The van der Waals surface area contributed by atoms with E-state index in [0.29, 0.717) is 5.56 Å². The molecule has 2 rings (SSSR count). The van der Waals surface area contributed by atoms with Crippen molar-refractivity contribution >= 4 is 27.4 Å². The van der Waals surface area contributed by atoms with Gasteiger partial charge in [0.1, 0.15) is 11.6 Å². The SMILES string of the molecule is Cc1ccc(S(C)(=O)=O)cc1C(=O)O[C@@H](C)C(=O)Nc1cc(F)ccc1F. The molecule has 0 aliphatic carbocycles. The smallest absolute Gasteiger partial charge is 0.339 e. The summed E-state index contributed by atoms with van der Waals surface area (Å²) in [5.41, 5.74) is 0.0452. The minimum Gasteiger partial charge on any atom is -0.449 e.